The number of nitro benzene ring substituents is 1. The second-order valence-electron chi connectivity index (χ2n) is 4.06. The summed E-state index contributed by atoms with van der Waals surface area (Å²) < 4.78 is 0. The van der Waals surface area contributed by atoms with Gasteiger partial charge in [-0.3, -0.25) is 14.9 Å². The molecule has 1 aromatic carbocycles. The highest BCUT2D eigenvalue weighted by Crippen LogP contribution is 2.24. The van der Waals surface area contributed by atoms with Crippen molar-refractivity contribution in [3.8, 4) is 0 Å². The highest BCUT2D eigenvalue weighted by molar-refractivity contribution is 5.73. The number of hydrogen-bond donors (Lipinski definition) is 2. The van der Waals surface area contributed by atoms with Crippen molar-refractivity contribution in [2.45, 2.75) is 26.2 Å². The first-order valence-corrected chi connectivity index (χ1v) is 5.78. The summed E-state index contributed by atoms with van der Waals surface area (Å²) in [5.41, 5.74) is 6.51. The van der Waals surface area contributed by atoms with Crippen LogP contribution in [0.2, 0.25) is 0 Å². The zero-order chi connectivity index (χ0) is 13.5. The highest BCUT2D eigenvalue weighted by Gasteiger charge is 2.12. The van der Waals surface area contributed by atoms with E-state index in [9.17, 15) is 14.9 Å². The molecule has 98 valence electrons. The van der Waals surface area contributed by atoms with Crippen molar-refractivity contribution in [1.29, 1.82) is 0 Å². The topological polar surface area (TPSA) is 98.3 Å². The largest absolute Gasteiger partial charge is 0.385 e. The minimum absolute atomic E-state index is 0.108. The van der Waals surface area contributed by atoms with Crippen molar-refractivity contribution in [3.05, 3.63) is 33.9 Å². The van der Waals surface area contributed by atoms with Crippen molar-refractivity contribution >= 4 is 17.3 Å². The van der Waals surface area contributed by atoms with Gasteiger partial charge in [-0.15, -0.1) is 0 Å². The molecule has 0 fully saturated rings. The van der Waals surface area contributed by atoms with Crippen molar-refractivity contribution in [2.75, 3.05) is 11.9 Å². The van der Waals surface area contributed by atoms with Gasteiger partial charge in [-0.25, -0.2) is 0 Å². The van der Waals surface area contributed by atoms with Crippen molar-refractivity contribution < 1.29 is 9.72 Å². The molecule has 0 atom stereocenters. The Kier molecular flexibility index (Phi) is 5.10. The molecule has 0 heterocycles. The number of unbranched alkanes of at least 4 members (excludes halogenated alkanes) is 1. The van der Waals surface area contributed by atoms with Gasteiger partial charge in [0.15, 0.2) is 0 Å². The van der Waals surface area contributed by atoms with E-state index in [1.54, 1.807) is 19.1 Å². The molecule has 6 nitrogen and oxygen atoms in total. The maximum Gasteiger partial charge on any atom is 0.274 e. The van der Waals surface area contributed by atoms with E-state index in [2.05, 4.69) is 5.32 Å². The van der Waals surface area contributed by atoms with Gasteiger partial charge in [0.05, 0.1) is 4.92 Å². The molecule has 0 aliphatic heterocycles. The van der Waals surface area contributed by atoms with Gasteiger partial charge in [0.25, 0.3) is 5.69 Å². The Morgan fingerprint density at radius 1 is 1.44 bits per heavy atom. The molecule has 0 saturated carbocycles. The Morgan fingerprint density at radius 2 is 2.17 bits per heavy atom. The number of nitro groups is 1. The van der Waals surface area contributed by atoms with Crippen LogP contribution in [0.3, 0.4) is 0 Å². The summed E-state index contributed by atoms with van der Waals surface area (Å²) in [5.74, 6) is -0.304. The Bertz CT molecular complexity index is 446. The average Bonchev–Trinajstić information content (AvgIpc) is 2.30. The zero-order valence-electron chi connectivity index (χ0n) is 10.3. The summed E-state index contributed by atoms with van der Waals surface area (Å²) >= 11 is 0. The maximum atomic E-state index is 10.8. The van der Waals surface area contributed by atoms with Crippen LogP contribution in [0.5, 0.6) is 0 Å². The SMILES string of the molecule is Cc1c(NCCCCC(N)=O)cccc1[N+](=O)[O-]. The fourth-order valence-electron chi connectivity index (χ4n) is 1.66. The zero-order valence-corrected chi connectivity index (χ0v) is 10.3. The molecule has 1 amide bonds. The molecule has 0 spiro atoms. The number of hydrogen-bond acceptors (Lipinski definition) is 4. The molecule has 1 aromatic rings. The molecule has 0 aromatic heterocycles. The molecule has 0 saturated heterocycles. The van der Waals surface area contributed by atoms with E-state index in [1.165, 1.54) is 6.07 Å². The normalized spacial score (nSPS) is 10.1. The Morgan fingerprint density at radius 3 is 2.78 bits per heavy atom. The standard InChI is InChI=1S/C12H17N3O3/c1-9-10(5-4-6-11(9)15(17)18)14-8-3-2-7-12(13)16/h4-6,14H,2-3,7-8H2,1H3,(H2,13,16). The lowest BCUT2D eigenvalue weighted by Crippen LogP contribution is -2.11. The van der Waals surface area contributed by atoms with E-state index in [0.717, 1.165) is 18.5 Å². The van der Waals surface area contributed by atoms with Gasteiger partial charge in [0, 0.05) is 30.3 Å². The van der Waals surface area contributed by atoms with Gasteiger partial charge in [0.2, 0.25) is 5.91 Å². The predicted octanol–water partition coefficient (Wildman–Crippen LogP) is 1.97. The fourth-order valence-corrected chi connectivity index (χ4v) is 1.66. The number of benzene rings is 1. The number of nitrogens with zero attached hydrogens (tertiary/aromatic N) is 1. The van der Waals surface area contributed by atoms with Crippen LogP contribution in [-0.4, -0.2) is 17.4 Å². The Labute approximate surface area is 105 Å². The van der Waals surface area contributed by atoms with Gasteiger partial charge >= 0.3 is 0 Å². The number of anilines is 1. The number of carbonyl (C=O) groups excluding carboxylic acids is 1. The summed E-state index contributed by atoms with van der Waals surface area (Å²) in [5, 5.41) is 13.9. The third-order valence-electron chi connectivity index (χ3n) is 2.67. The van der Waals surface area contributed by atoms with Gasteiger partial charge in [-0.1, -0.05) is 6.07 Å². The average molecular weight is 251 g/mol. The van der Waals surface area contributed by atoms with Crippen LogP contribution in [0.25, 0.3) is 0 Å². The second kappa shape index (κ2) is 6.58. The molecule has 6 heteroatoms. The second-order valence-corrected chi connectivity index (χ2v) is 4.06. The van der Waals surface area contributed by atoms with E-state index in [4.69, 9.17) is 5.73 Å². The molecule has 1 rings (SSSR count). The number of nitrogens with two attached hydrogens (primary N) is 1. The van der Waals surface area contributed by atoms with Gasteiger partial charge in [-0.05, 0) is 25.8 Å². The van der Waals surface area contributed by atoms with Crippen LogP contribution in [-0.2, 0) is 4.79 Å². The van der Waals surface area contributed by atoms with E-state index < -0.39 is 4.92 Å². The first-order chi connectivity index (χ1) is 8.52. The lowest BCUT2D eigenvalue weighted by atomic mass is 10.1. The third kappa shape index (κ3) is 4.04. The van der Waals surface area contributed by atoms with Crippen LogP contribution in [0.1, 0.15) is 24.8 Å². The minimum atomic E-state index is -0.395. The molecule has 0 radical (unpaired) electrons. The smallest absolute Gasteiger partial charge is 0.274 e. The molecule has 0 unspecified atom stereocenters. The minimum Gasteiger partial charge on any atom is -0.385 e. The van der Waals surface area contributed by atoms with E-state index in [0.29, 0.717) is 18.5 Å². The summed E-state index contributed by atoms with van der Waals surface area (Å²) in [6.07, 6.45) is 1.89. The van der Waals surface area contributed by atoms with Crippen molar-refractivity contribution in [2.24, 2.45) is 5.73 Å². The summed E-state index contributed by atoms with van der Waals surface area (Å²) in [6, 6.07) is 4.93. The first kappa shape index (κ1) is 14.0. The quantitative estimate of drug-likeness (QED) is 0.439. The number of rotatable bonds is 7. The van der Waals surface area contributed by atoms with Crippen LogP contribution < -0.4 is 11.1 Å². The van der Waals surface area contributed by atoms with E-state index >= 15 is 0 Å². The highest BCUT2D eigenvalue weighted by atomic mass is 16.6. The monoisotopic (exact) mass is 251 g/mol. The van der Waals surface area contributed by atoms with Crippen molar-refractivity contribution in [1.82, 2.24) is 0 Å². The van der Waals surface area contributed by atoms with Gasteiger partial charge in [-0.2, -0.15) is 0 Å². The maximum absolute atomic E-state index is 10.8. The van der Waals surface area contributed by atoms with Crippen molar-refractivity contribution in [3.63, 3.8) is 0 Å². The number of carbonyl (C=O) groups is 1. The van der Waals surface area contributed by atoms with Gasteiger partial charge < -0.3 is 11.1 Å². The molecular formula is C12H17N3O3. The summed E-state index contributed by atoms with van der Waals surface area (Å²) in [4.78, 5) is 20.9. The Hall–Kier alpha value is -2.11. The van der Waals surface area contributed by atoms with E-state index in [-0.39, 0.29) is 11.6 Å². The first-order valence-electron chi connectivity index (χ1n) is 5.78. The molecule has 0 aliphatic rings. The number of nitrogens with one attached hydrogen (secondary N) is 1. The van der Waals surface area contributed by atoms with Gasteiger partial charge in [0.1, 0.15) is 0 Å². The van der Waals surface area contributed by atoms with E-state index in [1.807, 2.05) is 0 Å². The summed E-state index contributed by atoms with van der Waals surface area (Å²) in [6.45, 7) is 2.37. The molecular weight excluding hydrogens is 234 g/mol. The van der Waals surface area contributed by atoms with Crippen LogP contribution in [0.4, 0.5) is 11.4 Å². The van der Waals surface area contributed by atoms with Crippen LogP contribution in [0, 0.1) is 17.0 Å². The lowest BCUT2D eigenvalue weighted by molar-refractivity contribution is -0.385. The summed E-state index contributed by atoms with van der Waals surface area (Å²) in [7, 11) is 0. The van der Waals surface area contributed by atoms with Crippen LogP contribution in [0.15, 0.2) is 18.2 Å². The lowest BCUT2D eigenvalue weighted by Gasteiger charge is -2.09. The molecule has 3 N–H and O–H groups in total. The fraction of sp³-hybridized carbons (Fsp3) is 0.417. The predicted molar refractivity (Wildman–Crippen MR) is 69.4 cm³/mol. The van der Waals surface area contributed by atoms with Crippen LogP contribution >= 0.6 is 0 Å². The molecule has 18 heavy (non-hydrogen) atoms. The third-order valence-corrected chi connectivity index (χ3v) is 2.67. The molecule has 0 aliphatic carbocycles. The number of primary amides is 1. The Balaban J connectivity index is 2.50. The molecule has 0 bridgehead atoms. The number of amides is 1.